The van der Waals surface area contributed by atoms with Crippen molar-refractivity contribution in [3.63, 3.8) is 0 Å². The first-order valence-electron chi connectivity index (χ1n) is 4.85. The Bertz CT molecular complexity index is 352. The molecule has 0 unspecified atom stereocenters. The van der Waals surface area contributed by atoms with Gasteiger partial charge in [-0.15, -0.1) is 6.58 Å². The molecule has 4 nitrogen and oxygen atoms in total. The quantitative estimate of drug-likeness (QED) is 0.597. The van der Waals surface area contributed by atoms with Crippen LogP contribution >= 0.6 is 11.6 Å². The van der Waals surface area contributed by atoms with Crippen molar-refractivity contribution >= 4 is 23.1 Å². The van der Waals surface area contributed by atoms with Gasteiger partial charge in [-0.2, -0.15) is 0 Å². The van der Waals surface area contributed by atoms with Crippen LogP contribution in [0.25, 0.3) is 0 Å². The number of anilines is 2. The Morgan fingerprint density at radius 3 is 2.87 bits per heavy atom. The molecule has 0 atom stereocenters. The van der Waals surface area contributed by atoms with Crippen LogP contribution in [-0.4, -0.2) is 16.5 Å². The van der Waals surface area contributed by atoms with E-state index in [1.54, 1.807) is 6.08 Å². The molecule has 0 aliphatic rings. The average Bonchev–Trinajstić information content (AvgIpc) is 2.21. The minimum Gasteiger partial charge on any atom is -0.393 e. The predicted octanol–water partition coefficient (Wildman–Crippen LogP) is 2.26. The molecular formula is C10H15ClN4. The van der Waals surface area contributed by atoms with Crippen molar-refractivity contribution in [3.05, 3.63) is 23.6 Å². The molecule has 1 rings (SSSR count). The zero-order valence-corrected chi connectivity index (χ0v) is 9.51. The van der Waals surface area contributed by atoms with Gasteiger partial charge in [0.2, 0.25) is 0 Å². The first kappa shape index (κ1) is 11.8. The Morgan fingerprint density at radius 2 is 2.27 bits per heavy atom. The van der Waals surface area contributed by atoms with E-state index in [0.29, 0.717) is 29.0 Å². The summed E-state index contributed by atoms with van der Waals surface area (Å²) in [5.74, 6) is 1.29. The summed E-state index contributed by atoms with van der Waals surface area (Å²) in [6.45, 7) is 6.27. The molecule has 0 fully saturated rings. The maximum absolute atomic E-state index is 5.89. The summed E-state index contributed by atoms with van der Waals surface area (Å²) in [5.41, 5.74) is 6.12. The van der Waals surface area contributed by atoms with Gasteiger partial charge in [-0.3, -0.25) is 0 Å². The van der Waals surface area contributed by atoms with Crippen LogP contribution in [-0.2, 0) is 6.42 Å². The molecule has 82 valence electrons. The van der Waals surface area contributed by atoms with Gasteiger partial charge in [-0.05, 0) is 6.42 Å². The van der Waals surface area contributed by atoms with Crippen LogP contribution in [0.4, 0.5) is 11.5 Å². The van der Waals surface area contributed by atoms with E-state index < -0.39 is 0 Å². The summed E-state index contributed by atoms with van der Waals surface area (Å²) < 4.78 is 0. The van der Waals surface area contributed by atoms with Gasteiger partial charge >= 0.3 is 0 Å². The molecule has 1 aromatic heterocycles. The molecule has 0 aliphatic heterocycles. The van der Waals surface area contributed by atoms with Gasteiger partial charge in [-0.1, -0.05) is 24.6 Å². The highest BCUT2D eigenvalue weighted by Crippen LogP contribution is 2.23. The second kappa shape index (κ2) is 5.56. The second-order valence-electron chi connectivity index (χ2n) is 3.11. The van der Waals surface area contributed by atoms with E-state index in [1.165, 1.54) is 0 Å². The molecule has 0 amide bonds. The first-order valence-corrected chi connectivity index (χ1v) is 5.23. The molecule has 0 aliphatic carbocycles. The molecule has 15 heavy (non-hydrogen) atoms. The largest absolute Gasteiger partial charge is 0.393 e. The van der Waals surface area contributed by atoms with Gasteiger partial charge in [0.1, 0.15) is 11.5 Å². The number of halogens is 1. The van der Waals surface area contributed by atoms with Crippen molar-refractivity contribution in [3.8, 4) is 0 Å². The van der Waals surface area contributed by atoms with Gasteiger partial charge < -0.3 is 11.1 Å². The van der Waals surface area contributed by atoms with E-state index >= 15 is 0 Å². The van der Waals surface area contributed by atoms with Crippen molar-refractivity contribution in [2.24, 2.45) is 0 Å². The second-order valence-corrected chi connectivity index (χ2v) is 3.47. The lowest BCUT2D eigenvalue weighted by atomic mass is 10.3. The van der Waals surface area contributed by atoms with Gasteiger partial charge in [0.25, 0.3) is 0 Å². The molecule has 0 radical (unpaired) electrons. The number of nitrogens with two attached hydrogens (primary N) is 1. The summed E-state index contributed by atoms with van der Waals surface area (Å²) >= 11 is 5.89. The highest BCUT2D eigenvalue weighted by atomic mass is 35.5. The van der Waals surface area contributed by atoms with Crippen LogP contribution in [0.2, 0.25) is 5.15 Å². The van der Waals surface area contributed by atoms with E-state index in [9.17, 15) is 0 Å². The van der Waals surface area contributed by atoms with E-state index in [4.69, 9.17) is 17.3 Å². The lowest BCUT2D eigenvalue weighted by molar-refractivity contribution is 0.836. The zero-order valence-electron chi connectivity index (χ0n) is 8.76. The molecular weight excluding hydrogens is 212 g/mol. The molecule has 5 heteroatoms. The van der Waals surface area contributed by atoms with E-state index in [1.807, 2.05) is 0 Å². The Labute approximate surface area is 94.6 Å². The number of nitrogen functional groups attached to an aromatic ring is 1. The minimum atomic E-state index is 0.306. The fourth-order valence-corrected chi connectivity index (χ4v) is 1.31. The van der Waals surface area contributed by atoms with E-state index in [2.05, 4.69) is 28.8 Å². The molecule has 3 N–H and O–H groups in total. The van der Waals surface area contributed by atoms with Gasteiger partial charge in [0.05, 0.1) is 0 Å². The number of nitrogens with zero attached hydrogens (tertiary/aromatic N) is 2. The molecule has 1 heterocycles. The number of hydrogen-bond acceptors (Lipinski definition) is 4. The molecule has 0 bridgehead atoms. The molecule has 0 saturated carbocycles. The summed E-state index contributed by atoms with van der Waals surface area (Å²) in [5, 5.41) is 3.33. The van der Waals surface area contributed by atoms with Crippen molar-refractivity contribution in [1.29, 1.82) is 0 Å². The number of aromatic nitrogens is 2. The SMILES string of the molecule is C=CCNc1nc(CCC)nc(Cl)c1N. The highest BCUT2D eigenvalue weighted by Gasteiger charge is 2.08. The number of aryl methyl sites for hydroxylation is 1. The van der Waals surface area contributed by atoms with Crippen molar-refractivity contribution in [2.75, 3.05) is 17.6 Å². The van der Waals surface area contributed by atoms with Gasteiger partial charge in [0, 0.05) is 13.0 Å². The maximum Gasteiger partial charge on any atom is 0.157 e. The summed E-state index contributed by atoms with van der Waals surface area (Å²) in [6, 6.07) is 0. The van der Waals surface area contributed by atoms with Crippen LogP contribution in [0.15, 0.2) is 12.7 Å². The van der Waals surface area contributed by atoms with Gasteiger partial charge in [0.15, 0.2) is 11.0 Å². The van der Waals surface area contributed by atoms with E-state index in [-0.39, 0.29) is 0 Å². The van der Waals surface area contributed by atoms with Crippen LogP contribution in [0.3, 0.4) is 0 Å². The molecule has 1 aromatic rings. The van der Waals surface area contributed by atoms with Crippen LogP contribution in [0, 0.1) is 0 Å². The molecule has 0 saturated heterocycles. The predicted molar refractivity (Wildman–Crippen MR) is 64.1 cm³/mol. The van der Waals surface area contributed by atoms with Gasteiger partial charge in [-0.25, -0.2) is 9.97 Å². The average molecular weight is 227 g/mol. The third-order valence-electron chi connectivity index (χ3n) is 1.83. The first-order chi connectivity index (χ1) is 7.19. The van der Waals surface area contributed by atoms with Crippen LogP contribution in [0.1, 0.15) is 19.2 Å². The lowest BCUT2D eigenvalue weighted by Gasteiger charge is -2.09. The lowest BCUT2D eigenvalue weighted by Crippen LogP contribution is -2.08. The zero-order chi connectivity index (χ0) is 11.3. The topological polar surface area (TPSA) is 63.8 Å². The Balaban J connectivity index is 2.95. The number of hydrogen-bond donors (Lipinski definition) is 2. The Hall–Kier alpha value is -1.29. The monoisotopic (exact) mass is 226 g/mol. The summed E-state index contributed by atoms with van der Waals surface area (Å²) in [6.07, 6.45) is 3.50. The Kier molecular flexibility index (Phi) is 4.37. The normalized spacial score (nSPS) is 10.0. The van der Waals surface area contributed by atoms with E-state index in [0.717, 1.165) is 12.8 Å². The number of rotatable bonds is 5. The summed E-state index contributed by atoms with van der Waals surface area (Å²) in [7, 11) is 0. The smallest absolute Gasteiger partial charge is 0.157 e. The van der Waals surface area contributed by atoms with Crippen molar-refractivity contribution in [2.45, 2.75) is 19.8 Å². The van der Waals surface area contributed by atoms with Crippen LogP contribution < -0.4 is 11.1 Å². The minimum absolute atomic E-state index is 0.306. The van der Waals surface area contributed by atoms with Crippen molar-refractivity contribution in [1.82, 2.24) is 9.97 Å². The van der Waals surface area contributed by atoms with Crippen LogP contribution in [0.5, 0.6) is 0 Å². The molecule has 0 aromatic carbocycles. The third kappa shape index (κ3) is 3.09. The third-order valence-corrected chi connectivity index (χ3v) is 2.12. The number of nitrogens with one attached hydrogen (secondary N) is 1. The van der Waals surface area contributed by atoms with Crippen molar-refractivity contribution < 1.29 is 0 Å². The fraction of sp³-hybridized carbons (Fsp3) is 0.400. The maximum atomic E-state index is 5.89. The highest BCUT2D eigenvalue weighted by molar-refractivity contribution is 6.32. The Morgan fingerprint density at radius 1 is 1.53 bits per heavy atom. The molecule has 0 spiro atoms. The fourth-order valence-electron chi connectivity index (χ4n) is 1.12. The standard InChI is InChI=1S/C10H15ClN4/c1-3-5-7-14-9(11)8(12)10(15-7)13-6-4-2/h4H,2-3,5-6,12H2,1H3,(H,13,14,15). The summed E-state index contributed by atoms with van der Waals surface area (Å²) in [4.78, 5) is 8.38.